The van der Waals surface area contributed by atoms with Crippen LogP contribution >= 0.6 is 11.3 Å². The normalized spacial score (nSPS) is 22.3. The summed E-state index contributed by atoms with van der Waals surface area (Å²) < 4.78 is 23.5. The van der Waals surface area contributed by atoms with Crippen molar-refractivity contribution in [3.63, 3.8) is 0 Å². The molecular weight excluding hydrogens is 614 g/mol. The molecular formula is C33H37N3O9S. The molecule has 2 aliphatic heterocycles. The summed E-state index contributed by atoms with van der Waals surface area (Å²) in [6, 6.07) is 7.50. The maximum absolute atomic E-state index is 14.6. The molecule has 46 heavy (non-hydrogen) atoms. The lowest BCUT2D eigenvalue weighted by Crippen LogP contribution is -2.63. The molecule has 0 bridgehead atoms. The Balaban J connectivity index is 1.39. The lowest BCUT2D eigenvalue weighted by atomic mass is 9.56. The van der Waals surface area contributed by atoms with E-state index in [1.807, 2.05) is 31.2 Å². The number of rotatable bonds is 10. The molecule has 1 saturated heterocycles. The van der Waals surface area contributed by atoms with Crippen LogP contribution in [0.25, 0.3) is 10.8 Å². The van der Waals surface area contributed by atoms with E-state index in [4.69, 9.17) is 18.6 Å². The van der Waals surface area contributed by atoms with Crippen molar-refractivity contribution < 1.29 is 42.9 Å². The smallest absolute Gasteiger partial charge is 0.328 e. The van der Waals surface area contributed by atoms with Gasteiger partial charge in [-0.15, -0.1) is 11.3 Å². The minimum Gasteiger partial charge on any atom is -0.496 e. The number of benzene rings is 1. The Bertz CT molecular complexity index is 1650. The highest BCUT2D eigenvalue weighted by molar-refractivity contribution is 7.20. The number of oxazole rings is 1. The fourth-order valence-electron chi connectivity index (χ4n) is 6.50. The molecule has 3 aromatic rings. The lowest BCUT2D eigenvalue weighted by Gasteiger charge is -2.49. The van der Waals surface area contributed by atoms with E-state index >= 15 is 0 Å². The minimum absolute atomic E-state index is 0.0358. The quantitative estimate of drug-likeness (QED) is 0.298. The topological polar surface area (TPSA) is 158 Å². The van der Waals surface area contributed by atoms with Gasteiger partial charge in [-0.25, -0.2) is 9.78 Å². The fourth-order valence-corrected chi connectivity index (χ4v) is 7.75. The second kappa shape index (κ2) is 12.3. The predicted molar refractivity (Wildman–Crippen MR) is 167 cm³/mol. The SMILES string of the molecule is COc1ccccc1[C@H](CN1C(=O)C2(CC(C(=O)NC(C)(C)C(=O)O)C2)C(=O)c2c1sc(-c1ncco1)c2C)OC1CCOCC1. The molecule has 4 heterocycles. The van der Waals surface area contributed by atoms with Gasteiger partial charge in [0.25, 0.3) is 0 Å². The van der Waals surface area contributed by atoms with Crippen molar-refractivity contribution in [2.24, 2.45) is 11.3 Å². The van der Waals surface area contributed by atoms with Gasteiger partial charge in [0, 0.05) is 24.7 Å². The molecule has 0 unspecified atom stereocenters. The number of thiophene rings is 1. The lowest BCUT2D eigenvalue weighted by molar-refractivity contribution is -0.149. The highest BCUT2D eigenvalue weighted by Gasteiger charge is 2.63. The molecule has 0 radical (unpaired) electrons. The number of ether oxygens (including phenoxy) is 3. The zero-order chi connectivity index (χ0) is 32.8. The van der Waals surface area contributed by atoms with Crippen LogP contribution < -0.4 is 15.0 Å². The maximum Gasteiger partial charge on any atom is 0.328 e. The Hall–Kier alpha value is -4.07. The van der Waals surface area contributed by atoms with Crippen molar-refractivity contribution in [1.29, 1.82) is 0 Å². The third-order valence-electron chi connectivity index (χ3n) is 9.21. The van der Waals surface area contributed by atoms with Gasteiger partial charge in [-0.1, -0.05) is 18.2 Å². The van der Waals surface area contributed by atoms with Crippen molar-refractivity contribution >= 4 is 39.9 Å². The van der Waals surface area contributed by atoms with Crippen LogP contribution in [-0.4, -0.2) is 72.2 Å². The molecule has 2 aromatic heterocycles. The van der Waals surface area contributed by atoms with Gasteiger partial charge in [0.05, 0.1) is 36.4 Å². The number of para-hydroxylation sites is 1. The molecule has 3 aliphatic rings. The van der Waals surface area contributed by atoms with Gasteiger partial charge in [-0.3, -0.25) is 19.3 Å². The first-order valence-electron chi connectivity index (χ1n) is 15.3. The van der Waals surface area contributed by atoms with Gasteiger partial charge in [0.2, 0.25) is 17.7 Å². The van der Waals surface area contributed by atoms with E-state index in [0.29, 0.717) is 58.7 Å². The second-order valence-electron chi connectivity index (χ2n) is 12.6. The number of carboxylic acids is 1. The van der Waals surface area contributed by atoms with Crippen molar-refractivity contribution in [3.8, 4) is 16.5 Å². The zero-order valence-corrected chi connectivity index (χ0v) is 27.0. The number of ketones is 1. The number of Topliss-reactive ketones (excluding diaryl/α,β-unsaturated/α-hetero) is 1. The summed E-state index contributed by atoms with van der Waals surface area (Å²) in [5.41, 5.74) is -1.18. The van der Waals surface area contributed by atoms with E-state index in [1.165, 1.54) is 37.6 Å². The average molecular weight is 652 g/mol. The second-order valence-corrected chi connectivity index (χ2v) is 13.6. The van der Waals surface area contributed by atoms with Gasteiger partial charge in [0.1, 0.15) is 34.1 Å². The Morgan fingerprint density at radius 3 is 2.59 bits per heavy atom. The predicted octanol–water partition coefficient (Wildman–Crippen LogP) is 4.56. The van der Waals surface area contributed by atoms with E-state index in [-0.39, 0.29) is 31.3 Å². The molecule has 1 saturated carbocycles. The van der Waals surface area contributed by atoms with Crippen molar-refractivity contribution in [1.82, 2.24) is 10.3 Å². The maximum atomic E-state index is 14.6. The molecule has 2 fully saturated rings. The zero-order valence-electron chi connectivity index (χ0n) is 26.2. The number of aliphatic carboxylic acids is 1. The van der Waals surface area contributed by atoms with Crippen LogP contribution in [0.5, 0.6) is 5.75 Å². The summed E-state index contributed by atoms with van der Waals surface area (Å²) in [5, 5.41) is 12.5. The molecule has 1 aliphatic carbocycles. The third-order valence-corrected chi connectivity index (χ3v) is 10.5. The fraction of sp³-hybridized carbons (Fsp3) is 0.485. The monoisotopic (exact) mass is 651 g/mol. The number of fused-ring (bicyclic) bond motifs is 1. The van der Waals surface area contributed by atoms with Crippen LogP contribution in [0.15, 0.2) is 41.1 Å². The number of hydrogen-bond donors (Lipinski definition) is 2. The number of amides is 2. The van der Waals surface area contributed by atoms with E-state index in [9.17, 15) is 24.3 Å². The van der Waals surface area contributed by atoms with Crippen LogP contribution in [0.3, 0.4) is 0 Å². The summed E-state index contributed by atoms with van der Waals surface area (Å²) in [6.45, 7) is 5.82. The van der Waals surface area contributed by atoms with Crippen molar-refractivity contribution in [2.75, 3.05) is 31.8 Å². The van der Waals surface area contributed by atoms with Gasteiger partial charge >= 0.3 is 5.97 Å². The molecule has 1 atom stereocenters. The third kappa shape index (κ3) is 5.50. The number of nitrogens with one attached hydrogen (secondary N) is 1. The molecule has 1 aromatic carbocycles. The number of carbonyl (C=O) groups is 4. The number of carbonyl (C=O) groups excluding carboxylic acids is 3. The number of anilines is 1. The summed E-state index contributed by atoms with van der Waals surface area (Å²) in [6.07, 6.45) is 3.58. The van der Waals surface area contributed by atoms with Gasteiger partial charge in [0.15, 0.2) is 5.78 Å². The number of carboxylic acid groups (broad SMARTS) is 1. The molecule has 12 nitrogen and oxygen atoms in total. The Morgan fingerprint density at radius 2 is 1.93 bits per heavy atom. The number of methoxy groups -OCH3 is 1. The number of nitrogens with zero attached hydrogens (tertiary/aromatic N) is 2. The summed E-state index contributed by atoms with van der Waals surface area (Å²) >= 11 is 1.26. The van der Waals surface area contributed by atoms with Gasteiger partial charge < -0.3 is 29.1 Å². The van der Waals surface area contributed by atoms with Crippen LogP contribution in [0.1, 0.15) is 67.1 Å². The summed E-state index contributed by atoms with van der Waals surface area (Å²) in [5.74, 6) is -2.21. The van der Waals surface area contributed by atoms with E-state index in [2.05, 4.69) is 10.3 Å². The molecule has 244 valence electrons. The highest BCUT2D eigenvalue weighted by Crippen LogP contribution is 2.57. The first-order valence-corrected chi connectivity index (χ1v) is 16.1. The average Bonchev–Trinajstić information content (AvgIpc) is 3.66. The Morgan fingerprint density at radius 1 is 1.22 bits per heavy atom. The van der Waals surface area contributed by atoms with Crippen LogP contribution in [-0.2, 0) is 23.9 Å². The highest BCUT2D eigenvalue weighted by atomic mass is 32.1. The number of hydrogen-bond acceptors (Lipinski definition) is 10. The van der Waals surface area contributed by atoms with E-state index in [0.717, 1.165) is 5.56 Å². The summed E-state index contributed by atoms with van der Waals surface area (Å²) in [7, 11) is 1.58. The van der Waals surface area contributed by atoms with Crippen LogP contribution in [0.4, 0.5) is 5.00 Å². The molecule has 1 spiro atoms. The number of aromatic nitrogens is 1. The first kappa shape index (κ1) is 31.9. The van der Waals surface area contributed by atoms with E-state index < -0.39 is 40.8 Å². The van der Waals surface area contributed by atoms with E-state index in [1.54, 1.807) is 12.0 Å². The molecule has 13 heteroatoms. The largest absolute Gasteiger partial charge is 0.496 e. The summed E-state index contributed by atoms with van der Waals surface area (Å²) in [4.78, 5) is 60.3. The Kier molecular flexibility index (Phi) is 8.51. The van der Waals surface area contributed by atoms with Crippen LogP contribution in [0, 0.1) is 18.3 Å². The van der Waals surface area contributed by atoms with Crippen molar-refractivity contribution in [3.05, 3.63) is 53.4 Å². The molecule has 2 amide bonds. The standard InChI is InChI=1S/C33H37N3O9S/c1-18-24-26(37)33(15-19(16-33)27(38)35-32(2,3)31(40)41)30(39)36(29(24)46-25(18)28-34-11-14-44-28)17-23(45-20-9-12-43-13-10-20)21-7-5-6-8-22(21)42-4/h5-8,11,14,19-20,23H,9-10,12-13,15-17H2,1-4H3,(H,35,38)(H,40,41)/t19?,23-,33?/m0/s1. The van der Waals surface area contributed by atoms with Gasteiger partial charge in [-0.2, -0.15) is 0 Å². The molecule has 6 rings (SSSR count). The molecule has 2 N–H and O–H groups in total. The van der Waals surface area contributed by atoms with Gasteiger partial charge in [-0.05, 0) is 58.1 Å². The van der Waals surface area contributed by atoms with Crippen molar-refractivity contribution in [2.45, 2.75) is 64.2 Å². The Labute approximate surface area is 270 Å². The van der Waals surface area contributed by atoms with Crippen LogP contribution in [0.2, 0.25) is 0 Å². The first-order chi connectivity index (χ1) is 22.0. The minimum atomic E-state index is -1.50.